The van der Waals surface area contributed by atoms with Crippen LogP contribution in [0.4, 0.5) is 10.9 Å². The van der Waals surface area contributed by atoms with E-state index in [-0.39, 0.29) is 5.91 Å². The molecule has 6 nitrogen and oxygen atoms in total. The van der Waals surface area contributed by atoms with Gasteiger partial charge in [-0.15, -0.1) is 11.3 Å². The van der Waals surface area contributed by atoms with E-state index >= 15 is 0 Å². The molecule has 1 N–H and O–H groups in total. The maximum absolute atomic E-state index is 12.2. The van der Waals surface area contributed by atoms with Gasteiger partial charge in [0.15, 0.2) is 5.13 Å². The van der Waals surface area contributed by atoms with Crippen LogP contribution in [0.15, 0.2) is 17.8 Å². The molecule has 0 atom stereocenters. The summed E-state index contributed by atoms with van der Waals surface area (Å²) in [7, 11) is 0. The van der Waals surface area contributed by atoms with Crippen molar-refractivity contribution in [1.82, 2.24) is 15.0 Å². The number of hydrogen-bond donors (Lipinski definition) is 1. The van der Waals surface area contributed by atoms with Crippen LogP contribution >= 0.6 is 11.3 Å². The van der Waals surface area contributed by atoms with Crippen LogP contribution in [0.2, 0.25) is 0 Å². The first-order chi connectivity index (χ1) is 10.2. The van der Waals surface area contributed by atoms with Crippen LogP contribution in [0, 0.1) is 6.92 Å². The van der Waals surface area contributed by atoms with Gasteiger partial charge in [0.25, 0.3) is 5.91 Å². The van der Waals surface area contributed by atoms with Crippen molar-refractivity contribution in [1.29, 1.82) is 0 Å². The summed E-state index contributed by atoms with van der Waals surface area (Å²) in [5.74, 6) is 0.579. The number of anilines is 2. The molecule has 1 aliphatic heterocycles. The lowest BCUT2D eigenvalue weighted by Crippen LogP contribution is -2.30. The Kier molecular flexibility index (Phi) is 4.10. The van der Waals surface area contributed by atoms with Gasteiger partial charge in [-0.1, -0.05) is 0 Å². The molecule has 7 heteroatoms. The largest absolute Gasteiger partial charge is 0.357 e. The highest BCUT2D eigenvalue weighted by Gasteiger charge is 2.16. The molecule has 2 aromatic rings. The molecule has 0 saturated carbocycles. The second kappa shape index (κ2) is 6.17. The highest BCUT2D eigenvalue weighted by atomic mass is 32.1. The van der Waals surface area contributed by atoms with Gasteiger partial charge in [-0.3, -0.25) is 10.1 Å². The number of nitrogens with zero attached hydrogens (tertiary/aromatic N) is 4. The number of nitrogens with one attached hydrogen (secondary N) is 1. The first-order valence-electron chi connectivity index (χ1n) is 7.03. The molecule has 3 heterocycles. The predicted octanol–water partition coefficient (Wildman–Crippen LogP) is 2.48. The minimum Gasteiger partial charge on any atom is -0.357 e. The van der Waals surface area contributed by atoms with Crippen molar-refractivity contribution in [2.75, 3.05) is 23.3 Å². The molecule has 0 unspecified atom stereocenters. The zero-order valence-electron chi connectivity index (χ0n) is 11.9. The first kappa shape index (κ1) is 13.9. The fourth-order valence-electron chi connectivity index (χ4n) is 2.34. The van der Waals surface area contributed by atoms with Crippen LogP contribution in [0.1, 0.15) is 35.4 Å². The predicted molar refractivity (Wildman–Crippen MR) is 82.9 cm³/mol. The molecule has 0 aromatic carbocycles. The van der Waals surface area contributed by atoms with E-state index in [0.717, 1.165) is 24.6 Å². The third kappa shape index (κ3) is 3.36. The molecule has 0 spiro atoms. The fraction of sp³-hybridized carbons (Fsp3) is 0.429. The first-order valence-corrected chi connectivity index (χ1v) is 7.91. The SMILES string of the molecule is Cc1csc(NC(=O)c2cc(N3CCCCC3)ncn2)n1. The van der Waals surface area contributed by atoms with Crippen molar-refractivity contribution < 1.29 is 4.79 Å². The number of carbonyl (C=O) groups is 1. The second-order valence-corrected chi connectivity index (χ2v) is 5.92. The van der Waals surface area contributed by atoms with Crippen molar-refractivity contribution in [3.63, 3.8) is 0 Å². The third-order valence-corrected chi connectivity index (χ3v) is 4.28. The average molecular weight is 303 g/mol. The smallest absolute Gasteiger partial charge is 0.276 e. The maximum atomic E-state index is 12.2. The molecular weight excluding hydrogens is 286 g/mol. The topological polar surface area (TPSA) is 71.0 Å². The van der Waals surface area contributed by atoms with Crippen molar-refractivity contribution in [3.05, 3.63) is 29.2 Å². The van der Waals surface area contributed by atoms with Gasteiger partial charge in [-0.25, -0.2) is 15.0 Å². The summed E-state index contributed by atoms with van der Waals surface area (Å²) in [6.07, 6.45) is 5.05. The molecule has 0 radical (unpaired) electrons. The third-order valence-electron chi connectivity index (χ3n) is 3.40. The minimum atomic E-state index is -0.245. The van der Waals surface area contributed by atoms with Gasteiger partial charge in [0.05, 0.1) is 5.69 Å². The van der Waals surface area contributed by atoms with Crippen molar-refractivity contribution in [3.8, 4) is 0 Å². The number of piperidine rings is 1. The lowest BCUT2D eigenvalue weighted by Gasteiger charge is -2.27. The lowest BCUT2D eigenvalue weighted by molar-refractivity contribution is 0.102. The summed E-state index contributed by atoms with van der Waals surface area (Å²) in [6, 6.07) is 1.75. The Morgan fingerprint density at radius 1 is 1.29 bits per heavy atom. The fourth-order valence-corrected chi connectivity index (χ4v) is 3.02. The van der Waals surface area contributed by atoms with E-state index in [1.807, 2.05) is 12.3 Å². The van der Waals surface area contributed by atoms with Gasteiger partial charge in [0.2, 0.25) is 0 Å². The number of aromatic nitrogens is 3. The Hall–Kier alpha value is -2.02. The lowest BCUT2D eigenvalue weighted by atomic mass is 10.1. The normalized spacial score (nSPS) is 15.0. The molecule has 0 aliphatic carbocycles. The highest BCUT2D eigenvalue weighted by molar-refractivity contribution is 7.13. The maximum Gasteiger partial charge on any atom is 0.276 e. The van der Waals surface area contributed by atoms with Crippen LogP contribution in [0.25, 0.3) is 0 Å². The molecule has 1 saturated heterocycles. The number of aryl methyl sites for hydroxylation is 1. The van der Waals surface area contributed by atoms with Gasteiger partial charge in [0.1, 0.15) is 17.8 Å². The van der Waals surface area contributed by atoms with E-state index < -0.39 is 0 Å². The van der Waals surface area contributed by atoms with Crippen LogP contribution in [0.5, 0.6) is 0 Å². The number of amides is 1. The molecule has 110 valence electrons. The summed E-state index contributed by atoms with van der Waals surface area (Å²) >= 11 is 1.41. The number of thiazole rings is 1. The Balaban J connectivity index is 1.74. The zero-order chi connectivity index (χ0) is 14.7. The summed E-state index contributed by atoms with van der Waals surface area (Å²) in [6.45, 7) is 3.87. The Labute approximate surface area is 127 Å². The van der Waals surface area contributed by atoms with Crippen LogP contribution in [0.3, 0.4) is 0 Å². The van der Waals surface area contributed by atoms with Crippen LogP contribution in [-0.2, 0) is 0 Å². The standard InChI is InChI=1S/C14H17N5OS/c1-10-8-21-14(17-10)18-13(20)11-7-12(16-9-15-11)19-5-3-2-4-6-19/h7-9H,2-6H2,1H3,(H,17,18,20). The molecule has 3 rings (SSSR count). The second-order valence-electron chi connectivity index (χ2n) is 5.06. The van der Waals surface area contributed by atoms with Crippen molar-refractivity contribution >= 4 is 28.2 Å². The Morgan fingerprint density at radius 2 is 2.10 bits per heavy atom. The molecule has 1 amide bonds. The summed E-state index contributed by atoms with van der Waals surface area (Å²) in [4.78, 5) is 27.0. The molecule has 21 heavy (non-hydrogen) atoms. The Morgan fingerprint density at radius 3 is 2.81 bits per heavy atom. The van der Waals surface area contributed by atoms with Gasteiger partial charge < -0.3 is 4.90 Å². The van der Waals surface area contributed by atoms with Crippen LogP contribution < -0.4 is 10.2 Å². The van der Waals surface area contributed by atoms with Gasteiger partial charge in [0, 0.05) is 24.5 Å². The molecule has 1 fully saturated rings. The van der Waals surface area contributed by atoms with Gasteiger partial charge >= 0.3 is 0 Å². The summed E-state index contributed by atoms with van der Waals surface area (Å²) < 4.78 is 0. The molecular formula is C14H17N5OS. The molecule has 2 aromatic heterocycles. The molecule has 1 aliphatic rings. The van der Waals surface area contributed by atoms with Crippen molar-refractivity contribution in [2.24, 2.45) is 0 Å². The van der Waals surface area contributed by atoms with Crippen LogP contribution in [-0.4, -0.2) is 33.9 Å². The van der Waals surface area contributed by atoms with Crippen molar-refractivity contribution in [2.45, 2.75) is 26.2 Å². The van der Waals surface area contributed by atoms with E-state index in [1.54, 1.807) is 6.07 Å². The quantitative estimate of drug-likeness (QED) is 0.943. The Bertz CT molecular complexity index is 636. The number of hydrogen-bond acceptors (Lipinski definition) is 6. The average Bonchev–Trinajstić information content (AvgIpc) is 2.93. The minimum absolute atomic E-state index is 0.245. The monoisotopic (exact) mass is 303 g/mol. The highest BCUT2D eigenvalue weighted by Crippen LogP contribution is 2.19. The van der Waals surface area contributed by atoms with Gasteiger partial charge in [-0.05, 0) is 26.2 Å². The van der Waals surface area contributed by atoms with E-state index in [0.29, 0.717) is 10.8 Å². The van der Waals surface area contributed by atoms with E-state index in [9.17, 15) is 4.79 Å². The molecule has 0 bridgehead atoms. The summed E-state index contributed by atoms with van der Waals surface area (Å²) in [5, 5.41) is 5.26. The van der Waals surface area contributed by atoms with E-state index in [2.05, 4.69) is 25.2 Å². The van der Waals surface area contributed by atoms with E-state index in [4.69, 9.17) is 0 Å². The number of rotatable bonds is 3. The van der Waals surface area contributed by atoms with Gasteiger partial charge in [-0.2, -0.15) is 0 Å². The summed E-state index contributed by atoms with van der Waals surface area (Å²) in [5.41, 5.74) is 1.27. The number of carbonyl (C=O) groups excluding carboxylic acids is 1. The zero-order valence-corrected chi connectivity index (χ0v) is 12.7. The van der Waals surface area contributed by atoms with E-state index in [1.165, 1.54) is 36.9 Å².